The minimum absolute atomic E-state index is 0.112. The molecule has 0 aliphatic rings. The molecule has 3 amide bonds. The van der Waals surface area contributed by atoms with Gasteiger partial charge in [0.2, 0.25) is 5.91 Å². The van der Waals surface area contributed by atoms with Crippen molar-refractivity contribution in [2.45, 2.75) is 36.8 Å². The molecule has 10 heteroatoms. The van der Waals surface area contributed by atoms with Crippen molar-refractivity contribution in [3.05, 3.63) is 136 Å². The molecular weight excluding hydrogens is 648 g/mol. The maximum absolute atomic E-state index is 13.4. The van der Waals surface area contributed by atoms with E-state index in [4.69, 9.17) is 11.6 Å². The van der Waals surface area contributed by atoms with Gasteiger partial charge in [-0.05, 0) is 78.6 Å². The lowest BCUT2D eigenvalue weighted by Crippen LogP contribution is -2.30. The molecule has 0 saturated heterocycles. The molecule has 1 aromatic heterocycles. The average Bonchev–Trinajstić information content (AvgIpc) is 3.54. The van der Waals surface area contributed by atoms with Crippen LogP contribution >= 0.6 is 34.7 Å². The van der Waals surface area contributed by atoms with Gasteiger partial charge in [-0.1, -0.05) is 80.0 Å². The van der Waals surface area contributed by atoms with Gasteiger partial charge < -0.3 is 16.0 Å². The van der Waals surface area contributed by atoms with Gasteiger partial charge in [-0.3, -0.25) is 14.4 Å². The summed E-state index contributed by atoms with van der Waals surface area (Å²) in [4.78, 5) is 44.7. The number of hydrogen-bond donors (Lipinski definition) is 3. The summed E-state index contributed by atoms with van der Waals surface area (Å²) in [5.41, 5.74) is 4.75. The van der Waals surface area contributed by atoms with Crippen LogP contribution in [-0.2, 0) is 9.59 Å². The topological polar surface area (TPSA) is 100 Å². The summed E-state index contributed by atoms with van der Waals surface area (Å²) in [6.07, 6.45) is 1.66. The predicted molar refractivity (Wildman–Crippen MR) is 194 cm³/mol. The maximum atomic E-state index is 13.4. The second-order valence-electron chi connectivity index (χ2n) is 11.0. The average molecular weight is 681 g/mol. The normalized spacial score (nSPS) is 12.0. The molecule has 5 rings (SSSR count). The van der Waals surface area contributed by atoms with Crippen LogP contribution in [0.15, 0.2) is 119 Å². The number of carbonyl (C=O) groups is 3. The zero-order valence-corrected chi connectivity index (χ0v) is 28.4. The van der Waals surface area contributed by atoms with E-state index in [1.54, 1.807) is 54.6 Å². The molecule has 0 spiro atoms. The number of aromatic nitrogens is 1. The molecular formula is C37H33ClN4O3S2. The quantitative estimate of drug-likeness (QED) is 0.0955. The number of benzene rings is 4. The van der Waals surface area contributed by atoms with Gasteiger partial charge in [0.25, 0.3) is 11.8 Å². The smallest absolute Gasteiger partial charge is 0.272 e. The van der Waals surface area contributed by atoms with Crippen molar-refractivity contribution in [2.75, 3.05) is 10.6 Å². The molecule has 7 nitrogen and oxygen atoms in total. The van der Waals surface area contributed by atoms with Crippen molar-refractivity contribution in [3.8, 4) is 11.3 Å². The monoisotopic (exact) mass is 680 g/mol. The second-order valence-corrected chi connectivity index (χ2v) is 13.7. The number of nitrogens with one attached hydrogen (secondary N) is 3. The zero-order valence-electron chi connectivity index (χ0n) is 26.0. The molecule has 3 N–H and O–H groups in total. The lowest BCUT2D eigenvalue weighted by Gasteiger charge is -2.13. The van der Waals surface area contributed by atoms with Gasteiger partial charge in [-0.25, -0.2) is 4.98 Å². The predicted octanol–water partition coefficient (Wildman–Crippen LogP) is 9.12. The first-order chi connectivity index (χ1) is 22.6. The molecule has 1 heterocycles. The van der Waals surface area contributed by atoms with Crippen molar-refractivity contribution in [1.82, 2.24) is 10.3 Å². The number of anilines is 2. The minimum atomic E-state index is -0.461. The van der Waals surface area contributed by atoms with E-state index >= 15 is 0 Å². The lowest BCUT2D eigenvalue weighted by molar-refractivity contribution is -0.115. The number of halogens is 1. The first-order valence-corrected chi connectivity index (χ1v) is 17.1. The standard InChI is InChI=1S/C37H33ClN4O3S2/c1-23(2)26-11-9-25(10-12-26)21-32(40-35(44)28-7-5-4-6-8-28)36(45)39-30-17-19-31(20-18-30)47-24(3)34(43)42-37-41-33(22-46-37)27-13-15-29(38)16-14-27/h4-24H,1-3H3,(H,39,45)(H,40,44)(H,41,42,43)/b32-21-. The summed E-state index contributed by atoms with van der Waals surface area (Å²) < 4.78 is 0. The van der Waals surface area contributed by atoms with E-state index in [1.165, 1.54) is 28.7 Å². The Morgan fingerprint density at radius 1 is 0.830 bits per heavy atom. The third kappa shape index (κ3) is 9.42. The van der Waals surface area contributed by atoms with E-state index in [1.807, 2.05) is 66.9 Å². The van der Waals surface area contributed by atoms with E-state index in [0.29, 0.717) is 27.3 Å². The van der Waals surface area contributed by atoms with Crippen LogP contribution in [0.2, 0.25) is 5.02 Å². The Bertz CT molecular complexity index is 1870. The summed E-state index contributed by atoms with van der Waals surface area (Å²) in [6.45, 7) is 6.05. The minimum Gasteiger partial charge on any atom is -0.321 e. The third-order valence-electron chi connectivity index (χ3n) is 7.11. The van der Waals surface area contributed by atoms with Crippen molar-refractivity contribution in [2.24, 2.45) is 0 Å². The molecule has 5 aromatic rings. The van der Waals surface area contributed by atoms with E-state index < -0.39 is 11.2 Å². The summed E-state index contributed by atoms with van der Waals surface area (Å²) >= 11 is 8.73. The lowest BCUT2D eigenvalue weighted by atomic mass is 10.0. The molecule has 0 saturated carbocycles. The zero-order chi connectivity index (χ0) is 33.3. The fourth-order valence-corrected chi connectivity index (χ4v) is 6.17. The molecule has 238 valence electrons. The van der Waals surface area contributed by atoms with Gasteiger partial charge in [0.05, 0.1) is 10.9 Å². The molecule has 47 heavy (non-hydrogen) atoms. The summed E-state index contributed by atoms with van der Waals surface area (Å²) in [7, 11) is 0. The van der Waals surface area contributed by atoms with Crippen LogP contribution in [0.3, 0.4) is 0 Å². The molecule has 0 aliphatic carbocycles. The van der Waals surface area contributed by atoms with Gasteiger partial charge in [-0.2, -0.15) is 0 Å². The highest BCUT2D eigenvalue weighted by Crippen LogP contribution is 2.29. The Morgan fingerprint density at radius 2 is 1.51 bits per heavy atom. The van der Waals surface area contributed by atoms with Gasteiger partial charge in [0.1, 0.15) is 5.70 Å². The number of amides is 3. The Kier molecular flexibility index (Phi) is 11.3. The van der Waals surface area contributed by atoms with Crippen LogP contribution in [0.25, 0.3) is 17.3 Å². The number of hydrogen-bond acceptors (Lipinski definition) is 6. The Morgan fingerprint density at radius 3 is 2.17 bits per heavy atom. The van der Waals surface area contributed by atoms with Crippen LogP contribution in [0, 0.1) is 0 Å². The van der Waals surface area contributed by atoms with Gasteiger partial charge >= 0.3 is 0 Å². The van der Waals surface area contributed by atoms with Gasteiger partial charge in [0.15, 0.2) is 5.13 Å². The van der Waals surface area contributed by atoms with Crippen molar-refractivity contribution >= 4 is 69.3 Å². The number of rotatable bonds is 11. The molecule has 1 unspecified atom stereocenters. The van der Waals surface area contributed by atoms with Crippen LogP contribution < -0.4 is 16.0 Å². The fraction of sp³-hybridized carbons (Fsp3) is 0.135. The largest absolute Gasteiger partial charge is 0.321 e. The van der Waals surface area contributed by atoms with Crippen LogP contribution in [-0.4, -0.2) is 28.0 Å². The van der Waals surface area contributed by atoms with E-state index in [-0.39, 0.29) is 17.5 Å². The number of carbonyl (C=O) groups excluding carboxylic acids is 3. The first-order valence-electron chi connectivity index (χ1n) is 14.9. The first kappa shape index (κ1) is 33.7. The Hall–Kier alpha value is -4.70. The van der Waals surface area contributed by atoms with Gasteiger partial charge in [-0.15, -0.1) is 23.1 Å². The highest BCUT2D eigenvalue weighted by molar-refractivity contribution is 8.00. The summed E-state index contributed by atoms with van der Waals surface area (Å²) in [6, 6.07) is 31.2. The second kappa shape index (κ2) is 15.7. The van der Waals surface area contributed by atoms with Crippen molar-refractivity contribution < 1.29 is 14.4 Å². The number of thioether (sulfide) groups is 1. The van der Waals surface area contributed by atoms with E-state index in [9.17, 15) is 14.4 Å². The van der Waals surface area contributed by atoms with Crippen LogP contribution in [0.5, 0.6) is 0 Å². The SMILES string of the molecule is CC(Sc1ccc(NC(=O)/C(=C/c2ccc(C(C)C)cc2)NC(=O)c2ccccc2)cc1)C(=O)Nc1nc(-c2ccc(Cl)cc2)cs1. The summed E-state index contributed by atoms with van der Waals surface area (Å²) in [5, 5.41) is 11.2. The number of thiazole rings is 1. The molecule has 0 aliphatic heterocycles. The third-order valence-corrected chi connectivity index (χ3v) is 9.23. The van der Waals surface area contributed by atoms with E-state index in [2.05, 4.69) is 34.8 Å². The van der Waals surface area contributed by atoms with Crippen molar-refractivity contribution in [3.63, 3.8) is 0 Å². The fourth-order valence-electron chi connectivity index (χ4n) is 4.45. The van der Waals surface area contributed by atoms with E-state index in [0.717, 1.165) is 21.7 Å². The highest BCUT2D eigenvalue weighted by Gasteiger charge is 2.18. The Balaban J connectivity index is 1.22. The van der Waals surface area contributed by atoms with Gasteiger partial charge in [0, 0.05) is 32.1 Å². The molecule has 0 fully saturated rings. The highest BCUT2D eigenvalue weighted by atomic mass is 35.5. The summed E-state index contributed by atoms with van der Waals surface area (Å²) in [5.74, 6) is -0.644. The number of nitrogens with zero attached hydrogens (tertiary/aromatic N) is 1. The molecule has 1 atom stereocenters. The molecule has 0 bridgehead atoms. The molecule has 4 aromatic carbocycles. The van der Waals surface area contributed by atoms with Crippen LogP contribution in [0.4, 0.5) is 10.8 Å². The maximum Gasteiger partial charge on any atom is 0.272 e. The van der Waals surface area contributed by atoms with Crippen molar-refractivity contribution in [1.29, 1.82) is 0 Å². The van der Waals surface area contributed by atoms with Crippen LogP contribution in [0.1, 0.15) is 48.2 Å². The Labute approximate surface area is 287 Å². The molecule has 0 radical (unpaired) electrons.